The highest BCUT2D eigenvalue weighted by Crippen LogP contribution is 2.37. The maximum absolute atomic E-state index is 6.26. The Morgan fingerprint density at radius 3 is 2.69 bits per heavy atom. The van der Waals surface area contributed by atoms with Crippen molar-refractivity contribution >= 4 is 38.8 Å². The molecule has 0 radical (unpaired) electrons. The monoisotopic (exact) mass is 451 g/mol. The zero-order valence-corrected chi connectivity index (χ0v) is 19.2. The molecule has 1 saturated heterocycles. The minimum atomic E-state index is 0.110. The predicted molar refractivity (Wildman–Crippen MR) is 130 cm³/mol. The van der Waals surface area contributed by atoms with E-state index in [0.29, 0.717) is 17.4 Å². The Bertz CT molecular complexity index is 1120. The number of ether oxygens (including phenoxy) is 2. The third-order valence-electron chi connectivity index (χ3n) is 6.01. The molecule has 32 heavy (non-hydrogen) atoms. The number of aromatic nitrogens is 3. The summed E-state index contributed by atoms with van der Waals surface area (Å²) in [6, 6.07) is 7.89. The molecule has 3 aromatic rings. The molecular weight excluding hydrogens is 422 g/mol. The first kappa shape index (κ1) is 21.1. The number of hydrogen-bond acceptors (Lipinski definition) is 7. The van der Waals surface area contributed by atoms with Gasteiger partial charge in [-0.3, -0.25) is 0 Å². The van der Waals surface area contributed by atoms with Gasteiger partial charge in [0.15, 0.2) is 0 Å². The maximum atomic E-state index is 6.26. The van der Waals surface area contributed by atoms with Crippen molar-refractivity contribution in [3.05, 3.63) is 36.8 Å². The largest absolute Gasteiger partial charge is 0.496 e. The van der Waals surface area contributed by atoms with Crippen molar-refractivity contribution in [2.45, 2.75) is 51.0 Å². The molecule has 0 spiro atoms. The lowest BCUT2D eigenvalue weighted by Gasteiger charge is -2.23. The lowest BCUT2D eigenvalue weighted by atomic mass is 9.98. The number of nitrogens with zero attached hydrogens (tertiary/aromatic N) is 4. The molecule has 0 unspecified atom stereocenters. The van der Waals surface area contributed by atoms with Gasteiger partial charge in [0.1, 0.15) is 29.7 Å². The third kappa shape index (κ3) is 4.70. The van der Waals surface area contributed by atoms with Crippen molar-refractivity contribution in [1.29, 1.82) is 0 Å². The molecule has 1 saturated carbocycles. The Morgan fingerprint density at radius 2 is 1.88 bits per heavy atom. The Labute approximate surface area is 191 Å². The number of methoxy groups -OCH3 is 1. The van der Waals surface area contributed by atoms with Crippen molar-refractivity contribution in [3.63, 3.8) is 0 Å². The second-order valence-corrected chi connectivity index (χ2v) is 10.2. The highest BCUT2D eigenvalue weighted by atomic mass is 32.2. The molecule has 5 rings (SSSR count). The summed E-state index contributed by atoms with van der Waals surface area (Å²) in [5, 5.41) is 4.25. The summed E-state index contributed by atoms with van der Waals surface area (Å²) in [6.45, 7) is 0. The van der Waals surface area contributed by atoms with E-state index in [1.54, 1.807) is 19.6 Å². The second kappa shape index (κ2) is 9.81. The molecule has 2 aromatic heterocycles. The van der Waals surface area contributed by atoms with E-state index in [4.69, 9.17) is 13.8 Å². The molecule has 7 nitrogen and oxygen atoms in total. The molecule has 2 fully saturated rings. The van der Waals surface area contributed by atoms with Gasteiger partial charge >= 0.3 is 0 Å². The number of nitrogens with one attached hydrogen (secondary N) is 1. The summed E-state index contributed by atoms with van der Waals surface area (Å²) < 4.78 is 16.9. The van der Waals surface area contributed by atoms with Crippen molar-refractivity contribution in [2.75, 3.05) is 23.9 Å². The van der Waals surface area contributed by atoms with Gasteiger partial charge < -0.3 is 14.8 Å². The van der Waals surface area contributed by atoms with E-state index in [0.717, 1.165) is 35.1 Å². The smallest absolute Gasteiger partial charge is 0.238 e. The van der Waals surface area contributed by atoms with Gasteiger partial charge in [0, 0.05) is 23.8 Å². The average molecular weight is 452 g/mol. The highest BCUT2D eigenvalue weighted by Gasteiger charge is 2.19. The number of hydrogen-bond donors (Lipinski definition) is 1. The molecule has 0 amide bonds. The van der Waals surface area contributed by atoms with Gasteiger partial charge in [0.2, 0.25) is 5.88 Å². The van der Waals surface area contributed by atoms with Crippen LogP contribution in [0.1, 0.15) is 44.9 Å². The van der Waals surface area contributed by atoms with Crippen LogP contribution in [-0.2, 0) is 10.7 Å². The molecule has 0 bridgehead atoms. The van der Waals surface area contributed by atoms with Crippen molar-refractivity contribution < 1.29 is 9.47 Å². The molecule has 1 N–H and O–H groups in total. The first-order chi connectivity index (χ1) is 15.8. The molecule has 1 aliphatic heterocycles. The number of rotatable bonds is 6. The van der Waals surface area contributed by atoms with Crippen LogP contribution in [0.25, 0.3) is 10.9 Å². The summed E-state index contributed by atoms with van der Waals surface area (Å²) in [5.41, 5.74) is 2.52. The number of anilines is 2. The fourth-order valence-corrected chi connectivity index (χ4v) is 6.24. The van der Waals surface area contributed by atoms with Crippen LogP contribution in [0.15, 0.2) is 41.2 Å². The first-order valence-corrected chi connectivity index (χ1v) is 12.9. The molecule has 168 valence electrons. The van der Waals surface area contributed by atoms with Crippen LogP contribution in [0.2, 0.25) is 0 Å². The van der Waals surface area contributed by atoms with Gasteiger partial charge in [0.05, 0.1) is 23.7 Å². The predicted octanol–water partition coefficient (Wildman–Crippen LogP) is 5.72. The fourth-order valence-electron chi connectivity index (χ4n) is 4.38. The van der Waals surface area contributed by atoms with Crippen molar-refractivity contribution in [2.24, 2.45) is 4.36 Å². The summed E-state index contributed by atoms with van der Waals surface area (Å²) in [6.07, 6.45) is 12.0. The number of benzene rings is 1. The third-order valence-corrected chi connectivity index (χ3v) is 7.99. The molecular formula is C24H29N5O2S. The quantitative estimate of drug-likeness (QED) is 0.516. The van der Waals surface area contributed by atoms with E-state index in [1.165, 1.54) is 43.6 Å². The molecule has 1 aliphatic carbocycles. The lowest BCUT2D eigenvalue weighted by Crippen LogP contribution is -2.20. The summed E-state index contributed by atoms with van der Waals surface area (Å²) in [5.74, 6) is 4.36. The minimum absolute atomic E-state index is 0.110. The summed E-state index contributed by atoms with van der Waals surface area (Å²) >= 11 is 0. The molecule has 3 heterocycles. The maximum Gasteiger partial charge on any atom is 0.238 e. The molecule has 2 aliphatic rings. The normalized spacial score (nSPS) is 17.4. The van der Waals surface area contributed by atoms with Crippen molar-refractivity contribution in [3.8, 4) is 11.6 Å². The summed E-state index contributed by atoms with van der Waals surface area (Å²) in [4.78, 5) is 13.5. The van der Waals surface area contributed by atoms with Crippen LogP contribution in [0, 0.1) is 0 Å². The minimum Gasteiger partial charge on any atom is -0.496 e. The Balaban J connectivity index is 1.48. The fraction of sp³-hybridized carbons (Fsp3) is 0.458. The first-order valence-electron chi connectivity index (χ1n) is 11.4. The van der Waals surface area contributed by atoms with E-state index < -0.39 is 0 Å². The Morgan fingerprint density at radius 1 is 1.03 bits per heavy atom. The van der Waals surface area contributed by atoms with Crippen LogP contribution in [-0.4, -0.2) is 39.7 Å². The Hall–Kier alpha value is -2.74. The SMILES string of the molecule is COc1cc(N=S2CCCC2)cc2ncnc(Nc3cccnc3OC3CCCCC3)c12. The zero-order valence-electron chi connectivity index (χ0n) is 18.4. The average Bonchev–Trinajstić information content (AvgIpc) is 3.33. The highest BCUT2D eigenvalue weighted by molar-refractivity contribution is 7.87. The second-order valence-electron chi connectivity index (χ2n) is 8.29. The standard InChI is InChI=1S/C24H29N5O2S/c1-30-21-15-17(29-32-12-5-6-13-32)14-20-22(21)23(27-16-26-20)28-19-10-7-11-25-24(19)31-18-8-3-2-4-9-18/h7,10-11,14-16,18H,2-6,8-9,12-13H2,1H3,(H,26,27,28). The summed E-state index contributed by atoms with van der Waals surface area (Å²) in [7, 11) is 1.79. The van der Waals surface area contributed by atoms with Gasteiger partial charge in [-0.25, -0.2) is 19.3 Å². The van der Waals surface area contributed by atoms with Crippen LogP contribution in [0.4, 0.5) is 17.2 Å². The van der Waals surface area contributed by atoms with Crippen LogP contribution in [0.3, 0.4) is 0 Å². The van der Waals surface area contributed by atoms with Crippen molar-refractivity contribution in [1.82, 2.24) is 15.0 Å². The van der Waals surface area contributed by atoms with E-state index >= 15 is 0 Å². The number of fused-ring (bicyclic) bond motifs is 1. The van der Waals surface area contributed by atoms with E-state index in [-0.39, 0.29) is 16.8 Å². The van der Waals surface area contributed by atoms with Gasteiger partial charge in [-0.05, 0) is 56.7 Å². The lowest BCUT2D eigenvalue weighted by molar-refractivity contribution is 0.149. The van der Waals surface area contributed by atoms with Crippen LogP contribution < -0.4 is 14.8 Å². The zero-order chi connectivity index (χ0) is 21.8. The Kier molecular flexibility index (Phi) is 6.48. The van der Waals surface area contributed by atoms with Gasteiger partial charge in [-0.2, -0.15) is 0 Å². The topological polar surface area (TPSA) is 81.5 Å². The van der Waals surface area contributed by atoms with Gasteiger partial charge in [0.25, 0.3) is 0 Å². The van der Waals surface area contributed by atoms with Crippen LogP contribution in [0.5, 0.6) is 11.6 Å². The van der Waals surface area contributed by atoms with Gasteiger partial charge in [-0.1, -0.05) is 17.1 Å². The molecule has 0 atom stereocenters. The van der Waals surface area contributed by atoms with E-state index in [2.05, 4.69) is 20.3 Å². The van der Waals surface area contributed by atoms with Crippen LogP contribution >= 0.6 is 0 Å². The van der Waals surface area contributed by atoms with E-state index in [9.17, 15) is 0 Å². The number of pyridine rings is 1. The van der Waals surface area contributed by atoms with Gasteiger partial charge in [-0.15, -0.1) is 0 Å². The van der Waals surface area contributed by atoms with E-state index in [1.807, 2.05) is 24.3 Å². The molecule has 1 aromatic carbocycles. The molecule has 8 heteroatoms.